The molecule has 5 rings (SSSR count). The first-order chi connectivity index (χ1) is 15.6. The van der Waals surface area contributed by atoms with E-state index in [-0.39, 0.29) is 11.8 Å². The maximum absolute atomic E-state index is 11.7. The fourth-order valence-corrected chi connectivity index (χ4v) is 3.80. The van der Waals surface area contributed by atoms with Crippen LogP contribution in [0.4, 0.5) is 0 Å². The molecule has 0 saturated carbocycles. The summed E-state index contributed by atoms with van der Waals surface area (Å²) < 4.78 is 13.8. The van der Waals surface area contributed by atoms with E-state index in [4.69, 9.17) is 9.15 Å². The highest BCUT2D eigenvalue weighted by atomic mass is 16.5. The summed E-state index contributed by atoms with van der Waals surface area (Å²) in [4.78, 5) is 20.4. The van der Waals surface area contributed by atoms with Crippen molar-refractivity contribution in [2.24, 2.45) is 18.1 Å². The summed E-state index contributed by atoms with van der Waals surface area (Å²) >= 11 is 0. The Bertz CT molecular complexity index is 1300. The first kappa shape index (κ1) is 20.0. The van der Waals surface area contributed by atoms with Crippen LogP contribution in [0.2, 0.25) is 0 Å². The molecule has 1 aliphatic rings. The minimum atomic E-state index is -0.0450. The summed E-state index contributed by atoms with van der Waals surface area (Å²) in [7, 11) is 1.94. The summed E-state index contributed by atoms with van der Waals surface area (Å²) in [5.74, 6) is 1.36. The molecular formula is C24H23N5O3. The number of hydrazone groups is 1. The molecule has 0 spiro atoms. The molecule has 8 heteroatoms. The Balaban J connectivity index is 1.36. The van der Waals surface area contributed by atoms with Crippen molar-refractivity contribution in [3.63, 3.8) is 0 Å². The van der Waals surface area contributed by atoms with E-state index >= 15 is 0 Å². The van der Waals surface area contributed by atoms with Crippen molar-refractivity contribution in [3.8, 4) is 17.2 Å². The van der Waals surface area contributed by atoms with Crippen LogP contribution in [0.15, 0.2) is 64.5 Å². The van der Waals surface area contributed by atoms with E-state index < -0.39 is 0 Å². The van der Waals surface area contributed by atoms with Crippen molar-refractivity contribution >= 4 is 22.7 Å². The first-order valence-electron chi connectivity index (χ1n) is 10.6. The lowest BCUT2D eigenvalue weighted by Gasteiger charge is -2.21. The Morgan fingerprint density at radius 3 is 2.75 bits per heavy atom. The predicted octanol–water partition coefficient (Wildman–Crippen LogP) is 4.06. The third-order valence-corrected chi connectivity index (χ3v) is 5.70. The number of carbonyl (C=O) groups is 1. The number of benzene rings is 2. The molecule has 0 bridgehead atoms. The molecule has 32 heavy (non-hydrogen) atoms. The highest BCUT2D eigenvalue weighted by molar-refractivity contribution is 6.07. The van der Waals surface area contributed by atoms with Gasteiger partial charge < -0.3 is 13.7 Å². The Labute approximate surface area is 184 Å². The van der Waals surface area contributed by atoms with Gasteiger partial charge in [-0.3, -0.25) is 4.79 Å². The average Bonchev–Trinajstić information content (AvgIpc) is 3.43. The third kappa shape index (κ3) is 3.87. The highest BCUT2D eigenvalue weighted by Crippen LogP contribution is 2.28. The van der Waals surface area contributed by atoms with Gasteiger partial charge in [0.25, 0.3) is 0 Å². The highest BCUT2D eigenvalue weighted by Gasteiger charge is 2.24. The van der Waals surface area contributed by atoms with Gasteiger partial charge in [0.15, 0.2) is 5.58 Å². The van der Waals surface area contributed by atoms with E-state index in [9.17, 15) is 4.79 Å². The molecule has 3 heterocycles. The third-order valence-electron chi connectivity index (χ3n) is 5.70. The van der Waals surface area contributed by atoms with E-state index in [1.54, 1.807) is 12.5 Å². The average molecular weight is 429 g/mol. The zero-order valence-electron chi connectivity index (χ0n) is 17.9. The van der Waals surface area contributed by atoms with E-state index in [1.807, 2.05) is 54.1 Å². The number of oxazole rings is 1. The molecule has 0 fully saturated rings. The van der Waals surface area contributed by atoms with Crippen molar-refractivity contribution in [2.75, 3.05) is 0 Å². The minimum Gasteiger partial charge on any atom is -0.487 e. The Morgan fingerprint density at radius 1 is 1.19 bits per heavy atom. The molecule has 1 unspecified atom stereocenters. The standard InChI is InChI=1S/C24H23N5O3/c1-3-15-11-22(30)27-28-23(15)17-6-9-20-21(10-17)32-24(26-20)16-4-7-19(8-5-16)31-13-18-12-25-14-29(18)2/h4-10,12,14-15H,3,11,13H2,1-2H3,(H,27,30). The SMILES string of the molecule is CCC1CC(=O)NN=C1c1ccc2nc(-c3ccc(OCc4cncn4C)cc3)oc2c1. The molecule has 0 radical (unpaired) electrons. The minimum absolute atomic E-state index is 0.0450. The van der Waals surface area contributed by atoms with Crippen LogP contribution < -0.4 is 10.2 Å². The van der Waals surface area contributed by atoms with Gasteiger partial charge in [0.1, 0.15) is 17.9 Å². The van der Waals surface area contributed by atoms with Crippen molar-refractivity contribution < 1.29 is 13.9 Å². The van der Waals surface area contributed by atoms with Gasteiger partial charge >= 0.3 is 0 Å². The molecule has 1 atom stereocenters. The molecule has 0 aliphatic carbocycles. The van der Waals surface area contributed by atoms with Gasteiger partial charge in [0, 0.05) is 30.5 Å². The molecule has 0 saturated heterocycles. The smallest absolute Gasteiger partial charge is 0.240 e. The molecule has 2 aromatic heterocycles. The van der Waals surface area contributed by atoms with Gasteiger partial charge in [-0.15, -0.1) is 0 Å². The molecule has 2 aromatic carbocycles. The van der Waals surface area contributed by atoms with E-state index in [2.05, 4.69) is 27.4 Å². The lowest BCUT2D eigenvalue weighted by molar-refractivity contribution is -0.122. The van der Waals surface area contributed by atoms with E-state index in [0.29, 0.717) is 24.5 Å². The summed E-state index contributed by atoms with van der Waals surface area (Å²) in [5, 5.41) is 4.29. The second kappa shape index (κ2) is 8.30. The van der Waals surface area contributed by atoms with Crippen LogP contribution in [0, 0.1) is 5.92 Å². The number of carbonyl (C=O) groups excluding carboxylic acids is 1. The molecule has 8 nitrogen and oxygen atoms in total. The van der Waals surface area contributed by atoms with Crippen LogP contribution in [0.3, 0.4) is 0 Å². The van der Waals surface area contributed by atoms with Crippen molar-refractivity contribution in [3.05, 3.63) is 66.2 Å². The van der Waals surface area contributed by atoms with Gasteiger partial charge in [0.05, 0.1) is 23.9 Å². The fourth-order valence-electron chi connectivity index (χ4n) is 3.80. The number of nitrogens with one attached hydrogen (secondary N) is 1. The maximum Gasteiger partial charge on any atom is 0.240 e. The molecule has 162 valence electrons. The topological polar surface area (TPSA) is 94.5 Å². The van der Waals surface area contributed by atoms with Crippen LogP contribution >= 0.6 is 0 Å². The van der Waals surface area contributed by atoms with Crippen LogP contribution in [0.5, 0.6) is 5.75 Å². The number of aromatic nitrogens is 3. The van der Waals surface area contributed by atoms with Crippen LogP contribution in [-0.4, -0.2) is 26.2 Å². The van der Waals surface area contributed by atoms with Crippen molar-refractivity contribution in [2.45, 2.75) is 26.4 Å². The van der Waals surface area contributed by atoms with Gasteiger partial charge in [-0.2, -0.15) is 5.10 Å². The van der Waals surface area contributed by atoms with Crippen LogP contribution in [0.25, 0.3) is 22.6 Å². The number of hydrogen-bond donors (Lipinski definition) is 1. The lowest BCUT2D eigenvalue weighted by Crippen LogP contribution is -2.33. The normalized spacial score (nSPS) is 16.1. The largest absolute Gasteiger partial charge is 0.487 e. The summed E-state index contributed by atoms with van der Waals surface area (Å²) in [6, 6.07) is 13.5. The number of hydrogen-bond acceptors (Lipinski definition) is 6. The first-order valence-corrected chi connectivity index (χ1v) is 10.6. The van der Waals surface area contributed by atoms with Gasteiger partial charge in [0.2, 0.25) is 11.8 Å². The maximum atomic E-state index is 11.7. The second-order valence-electron chi connectivity index (χ2n) is 7.85. The molecular weight excluding hydrogens is 406 g/mol. The Morgan fingerprint density at radius 2 is 2.00 bits per heavy atom. The fraction of sp³-hybridized carbons (Fsp3) is 0.250. The molecule has 1 amide bonds. The molecule has 1 aliphatic heterocycles. The number of ether oxygens (including phenoxy) is 1. The van der Waals surface area contributed by atoms with Crippen molar-refractivity contribution in [1.29, 1.82) is 0 Å². The summed E-state index contributed by atoms with van der Waals surface area (Å²) in [5.41, 5.74) is 7.72. The second-order valence-corrected chi connectivity index (χ2v) is 7.85. The predicted molar refractivity (Wildman–Crippen MR) is 120 cm³/mol. The van der Waals surface area contributed by atoms with Gasteiger partial charge in [-0.25, -0.2) is 15.4 Å². The quantitative estimate of drug-likeness (QED) is 0.499. The van der Waals surface area contributed by atoms with Crippen molar-refractivity contribution in [1.82, 2.24) is 20.0 Å². The molecule has 1 N–H and O–H groups in total. The monoisotopic (exact) mass is 429 g/mol. The zero-order chi connectivity index (χ0) is 22.1. The number of fused-ring (bicyclic) bond motifs is 1. The lowest BCUT2D eigenvalue weighted by atomic mass is 9.90. The Hall–Kier alpha value is -3.94. The van der Waals surface area contributed by atoms with E-state index in [1.165, 1.54) is 0 Å². The number of rotatable bonds is 6. The summed E-state index contributed by atoms with van der Waals surface area (Å²) in [6.07, 6.45) is 4.83. The van der Waals surface area contributed by atoms with Crippen LogP contribution in [-0.2, 0) is 18.4 Å². The molecule has 4 aromatic rings. The number of nitrogens with zero attached hydrogens (tertiary/aromatic N) is 4. The zero-order valence-corrected chi connectivity index (χ0v) is 17.9. The van der Waals surface area contributed by atoms with Gasteiger partial charge in [-0.1, -0.05) is 13.0 Å². The van der Waals surface area contributed by atoms with E-state index in [0.717, 1.165) is 40.2 Å². The number of imidazole rings is 1. The number of aryl methyl sites for hydroxylation is 1. The summed E-state index contributed by atoms with van der Waals surface area (Å²) in [6.45, 7) is 2.51. The number of amides is 1. The van der Waals surface area contributed by atoms with Gasteiger partial charge in [-0.05, 0) is 42.8 Å². The van der Waals surface area contributed by atoms with Crippen LogP contribution in [0.1, 0.15) is 31.0 Å². The Kier molecular flexibility index (Phi) is 5.18.